The zero-order valence-corrected chi connectivity index (χ0v) is 23.2. The average Bonchev–Trinajstić information content (AvgIpc) is 3.48. The van der Waals surface area contributed by atoms with Crippen LogP contribution in [0.15, 0.2) is 29.2 Å². The monoisotopic (exact) mass is 536 g/mol. The van der Waals surface area contributed by atoms with E-state index in [1.54, 1.807) is 0 Å². The van der Waals surface area contributed by atoms with Crippen LogP contribution in [0.3, 0.4) is 0 Å². The fourth-order valence-corrected chi connectivity index (χ4v) is 7.11. The molecule has 0 saturated carbocycles. The minimum absolute atomic E-state index is 0.265. The molecule has 0 bridgehead atoms. The molecule has 11 heteroatoms. The van der Waals surface area contributed by atoms with E-state index >= 15 is 0 Å². The maximum atomic E-state index is 11.9. The molecule has 6 rings (SSSR count). The van der Waals surface area contributed by atoms with Gasteiger partial charge in [0.05, 0.1) is 34.9 Å². The minimum Gasteiger partial charge on any atom is -0.378 e. The molecule has 2 saturated heterocycles. The van der Waals surface area contributed by atoms with E-state index in [4.69, 9.17) is 25.5 Å². The Hall–Kier alpha value is -2.73. The molecule has 0 spiro atoms. The lowest BCUT2D eigenvalue weighted by molar-refractivity contribution is -0.129. The van der Waals surface area contributed by atoms with Crippen LogP contribution in [-0.2, 0) is 23.0 Å². The number of fused-ring (bicyclic) bond motifs is 2. The van der Waals surface area contributed by atoms with Gasteiger partial charge in [-0.15, -0.1) is 11.8 Å². The topological polar surface area (TPSA) is 106 Å². The van der Waals surface area contributed by atoms with Crippen LogP contribution in [-0.4, -0.2) is 105 Å². The molecule has 38 heavy (non-hydrogen) atoms. The summed E-state index contributed by atoms with van der Waals surface area (Å²) in [5.41, 5.74) is 8.08. The van der Waals surface area contributed by atoms with Gasteiger partial charge in [0.2, 0.25) is 5.91 Å². The molecular weight excluding hydrogens is 500 g/mol. The number of benzene rings is 1. The molecule has 2 aromatic heterocycles. The first-order valence-electron chi connectivity index (χ1n) is 13.4. The second-order valence-electron chi connectivity index (χ2n) is 10.9. The number of aromatic nitrogens is 4. The van der Waals surface area contributed by atoms with Crippen molar-refractivity contribution >= 4 is 34.4 Å². The van der Waals surface area contributed by atoms with Crippen LogP contribution < -0.4 is 10.6 Å². The lowest BCUT2D eigenvalue weighted by Crippen LogP contribution is -2.60. The first-order chi connectivity index (χ1) is 18.3. The summed E-state index contributed by atoms with van der Waals surface area (Å²) in [5.74, 6) is 1.50. The molecule has 3 aliphatic heterocycles. The van der Waals surface area contributed by atoms with Gasteiger partial charge in [0.1, 0.15) is 11.5 Å². The lowest BCUT2D eigenvalue weighted by Gasteiger charge is -2.42. The molecule has 1 unspecified atom stereocenters. The second-order valence-corrected chi connectivity index (χ2v) is 12.2. The number of ether oxygens (including phenoxy) is 1. The fraction of sp³-hybridized carbons (Fsp3) is 0.556. The van der Waals surface area contributed by atoms with Gasteiger partial charge in [0.15, 0.2) is 5.82 Å². The Kier molecular flexibility index (Phi) is 6.79. The van der Waals surface area contributed by atoms with Gasteiger partial charge in [0, 0.05) is 69.9 Å². The Balaban J connectivity index is 1.25. The van der Waals surface area contributed by atoms with Crippen LogP contribution in [0.5, 0.6) is 0 Å². The van der Waals surface area contributed by atoms with Gasteiger partial charge in [0.25, 0.3) is 0 Å². The Morgan fingerprint density at radius 2 is 1.84 bits per heavy atom. The Morgan fingerprint density at radius 1 is 1.11 bits per heavy atom. The van der Waals surface area contributed by atoms with Crippen molar-refractivity contribution in [2.24, 2.45) is 12.8 Å². The van der Waals surface area contributed by atoms with Crippen molar-refractivity contribution < 1.29 is 9.53 Å². The van der Waals surface area contributed by atoms with Gasteiger partial charge in [-0.05, 0) is 19.9 Å². The standard InChI is InChI=1S/C27H36N8O2S/c1-27(2,26(28)36)35-10-8-33(9-11-35)17-18-16-21-23(38-18)25(34-12-14-37-15-13-34)30-24(29-21)22-19-6-4-5-7-20(19)31-32(22)3/h4-7,18H,8-17H2,1-3H3,(H2,28,36). The number of thioether (sulfide) groups is 1. The molecule has 3 aromatic rings. The van der Waals surface area contributed by atoms with Crippen LogP contribution in [0, 0.1) is 0 Å². The second kappa shape index (κ2) is 10.1. The molecule has 2 N–H and O–H groups in total. The van der Waals surface area contributed by atoms with Crippen LogP contribution in [0.2, 0.25) is 0 Å². The number of anilines is 1. The number of aryl methyl sites for hydroxylation is 1. The summed E-state index contributed by atoms with van der Waals surface area (Å²) in [6.07, 6.45) is 0.912. The normalized spacial score (nSPS) is 21.2. The quantitative estimate of drug-likeness (QED) is 0.505. The number of amides is 1. The number of rotatable bonds is 6. The summed E-state index contributed by atoms with van der Waals surface area (Å²) in [6, 6.07) is 8.18. The molecule has 1 atom stereocenters. The van der Waals surface area contributed by atoms with E-state index in [1.165, 1.54) is 4.90 Å². The number of piperazine rings is 1. The molecule has 1 amide bonds. The van der Waals surface area contributed by atoms with E-state index < -0.39 is 5.54 Å². The smallest absolute Gasteiger partial charge is 0.237 e. The third-order valence-electron chi connectivity index (χ3n) is 8.11. The first-order valence-corrected chi connectivity index (χ1v) is 14.3. The molecule has 2 fully saturated rings. The SMILES string of the molecule is Cn1nc2ccccc2c1-c1nc2c(c(N3CCOCC3)n1)SC(CN1CCN(C(C)(C)C(N)=O)CC1)C2. The Bertz CT molecular complexity index is 1340. The van der Waals surface area contributed by atoms with E-state index in [-0.39, 0.29) is 5.91 Å². The number of primary amides is 1. The van der Waals surface area contributed by atoms with E-state index in [0.717, 1.165) is 86.2 Å². The summed E-state index contributed by atoms with van der Waals surface area (Å²) in [4.78, 5) is 30.5. The average molecular weight is 537 g/mol. The highest BCUT2D eigenvalue weighted by atomic mass is 32.2. The van der Waals surface area contributed by atoms with E-state index in [1.807, 2.05) is 55.5 Å². The predicted octanol–water partition coefficient (Wildman–Crippen LogP) is 1.77. The maximum Gasteiger partial charge on any atom is 0.237 e. The van der Waals surface area contributed by atoms with Crippen LogP contribution in [0.4, 0.5) is 5.82 Å². The summed E-state index contributed by atoms with van der Waals surface area (Å²) < 4.78 is 7.55. The highest BCUT2D eigenvalue weighted by molar-refractivity contribution is 8.00. The summed E-state index contributed by atoms with van der Waals surface area (Å²) >= 11 is 1.92. The molecule has 0 radical (unpaired) electrons. The maximum absolute atomic E-state index is 11.9. The van der Waals surface area contributed by atoms with Crippen LogP contribution >= 0.6 is 11.8 Å². The van der Waals surface area contributed by atoms with Crippen LogP contribution in [0.25, 0.3) is 22.4 Å². The third kappa shape index (κ3) is 4.66. The van der Waals surface area contributed by atoms with E-state index in [2.05, 4.69) is 20.8 Å². The first kappa shape index (κ1) is 25.5. The van der Waals surface area contributed by atoms with Gasteiger partial charge in [-0.2, -0.15) is 5.10 Å². The zero-order chi connectivity index (χ0) is 26.4. The Labute approximate surface area is 227 Å². The molecule has 202 valence electrons. The van der Waals surface area contributed by atoms with Crippen molar-refractivity contribution in [3.05, 3.63) is 30.0 Å². The number of carbonyl (C=O) groups is 1. The van der Waals surface area contributed by atoms with Crippen molar-refractivity contribution in [2.75, 3.05) is 63.9 Å². The summed E-state index contributed by atoms with van der Waals surface area (Å²) in [7, 11) is 1.97. The summed E-state index contributed by atoms with van der Waals surface area (Å²) in [5, 5.41) is 6.19. The van der Waals surface area contributed by atoms with Gasteiger partial charge >= 0.3 is 0 Å². The van der Waals surface area contributed by atoms with Gasteiger partial charge < -0.3 is 15.4 Å². The molecule has 1 aromatic carbocycles. The number of hydrogen-bond acceptors (Lipinski definition) is 9. The number of nitrogens with zero attached hydrogens (tertiary/aromatic N) is 7. The van der Waals surface area contributed by atoms with E-state index in [9.17, 15) is 4.79 Å². The molecular formula is C27H36N8O2S. The van der Waals surface area contributed by atoms with Gasteiger partial charge in [-0.1, -0.05) is 18.2 Å². The zero-order valence-electron chi connectivity index (χ0n) is 22.4. The molecule has 5 heterocycles. The third-order valence-corrected chi connectivity index (χ3v) is 9.42. The predicted molar refractivity (Wildman–Crippen MR) is 149 cm³/mol. The summed E-state index contributed by atoms with van der Waals surface area (Å²) in [6.45, 7) is 11.5. The minimum atomic E-state index is -0.612. The van der Waals surface area contributed by atoms with Crippen molar-refractivity contribution in [1.82, 2.24) is 29.5 Å². The molecule has 10 nitrogen and oxygen atoms in total. The number of carbonyl (C=O) groups excluding carboxylic acids is 1. The number of hydrogen-bond donors (Lipinski definition) is 1. The fourth-order valence-electron chi connectivity index (χ4n) is 5.71. The highest BCUT2D eigenvalue weighted by Crippen LogP contribution is 2.43. The number of morpholine rings is 1. The van der Waals surface area contributed by atoms with Gasteiger partial charge in [-0.3, -0.25) is 19.3 Å². The molecule has 0 aliphatic carbocycles. The van der Waals surface area contributed by atoms with Crippen LogP contribution in [0.1, 0.15) is 19.5 Å². The highest BCUT2D eigenvalue weighted by Gasteiger charge is 2.37. The van der Waals surface area contributed by atoms with Gasteiger partial charge in [-0.25, -0.2) is 9.97 Å². The number of nitrogens with two attached hydrogens (primary N) is 1. The van der Waals surface area contributed by atoms with E-state index in [0.29, 0.717) is 18.5 Å². The lowest BCUT2D eigenvalue weighted by atomic mass is 10.0. The largest absolute Gasteiger partial charge is 0.378 e. The van der Waals surface area contributed by atoms with Crippen molar-refractivity contribution in [1.29, 1.82) is 0 Å². The molecule has 3 aliphatic rings. The Morgan fingerprint density at radius 3 is 2.58 bits per heavy atom. The van der Waals surface area contributed by atoms with Crippen molar-refractivity contribution in [3.8, 4) is 11.5 Å². The van der Waals surface area contributed by atoms with Crippen molar-refractivity contribution in [3.63, 3.8) is 0 Å². The van der Waals surface area contributed by atoms with Crippen molar-refractivity contribution in [2.45, 2.75) is 36.0 Å².